The molecule has 1 fully saturated rings. The van der Waals surface area contributed by atoms with E-state index in [-0.39, 0.29) is 57.4 Å². The summed E-state index contributed by atoms with van der Waals surface area (Å²) >= 11 is 0. The van der Waals surface area contributed by atoms with E-state index in [1.807, 2.05) is 0 Å². The molecule has 0 amide bonds. The van der Waals surface area contributed by atoms with Gasteiger partial charge in [0.05, 0.1) is 18.8 Å². The molecule has 0 bridgehead atoms. The molecule has 5 unspecified atom stereocenters. The number of methoxy groups -OCH3 is 1. The van der Waals surface area contributed by atoms with Crippen LogP contribution in [0.3, 0.4) is 0 Å². The van der Waals surface area contributed by atoms with Crippen LogP contribution in [0.25, 0.3) is 0 Å². The van der Waals surface area contributed by atoms with Gasteiger partial charge in [-0.2, -0.15) is 0 Å². The molecule has 1 aliphatic heterocycles. The molecule has 1 rings (SSSR count). The molecular weight excluding hydrogens is 339 g/mol. The van der Waals surface area contributed by atoms with Gasteiger partial charge in [0, 0.05) is 74.3 Å². The number of rotatable bonds is 5. The van der Waals surface area contributed by atoms with Crippen molar-refractivity contribution >= 4 is 8.81 Å². The SMILES string of the molecule is COCC1OC(C)C(C)C1CPOC.[V].[Y]. The molecule has 5 atom stereocenters. The van der Waals surface area contributed by atoms with Crippen molar-refractivity contribution in [2.75, 3.05) is 27.0 Å². The normalized spacial score (nSPS) is 33.8. The molecule has 16 heavy (non-hydrogen) atoms. The van der Waals surface area contributed by atoms with Crippen molar-refractivity contribution in [2.24, 2.45) is 11.8 Å². The second kappa shape index (κ2) is 10.9. The molecule has 0 saturated carbocycles. The Bertz CT molecular complexity index is 176. The Morgan fingerprint density at radius 3 is 2.38 bits per heavy atom. The van der Waals surface area contributed by atoms with Gasteiger partial charge in [-0.15, -0.1) is 0 Å². The molecule has 0 aromatic rings. The van der Waals surface area contributed by atoms with Crippen LogP contribution in [0.5, 0.6) is 0 Å². The summed E-state index contributed by atoms with van der Waals surface area (Å²) in [4.78, 5) is 0. The quantitative estimate of drug-likeness (QED) is 0.702. The largest absolute Gasteiger partial charge is 0.382 e. The second-order valence-corrected chi connectivity index (χ2v) is 5.02. The first-order valence-electron chi connectivity index (χ1n) is 5.11. The molecule has 0 spiro atoms. The van der Waals surface area contributed by atoms with Crippen LogP contribution in [0.2, 0.25) is 0 Å². The van der Waals surface area contributed by atoms with E-state index in [1.54, 1.807) is 14.2 Å². The van der Waals surface area contributed by atoms with Gasteiger partial charge in [-0.3, -0.25) is 0 Å². The Hall–Kier alpha value is 2.00. The van der Waals surface area contributed by atoms with Crippen molar-refractivity contribution in [3.63, 3.8) is 0 Å². The number of hydrogen-bond donors (Lipinski definition) is 0. The fourth-order valence-corrected chi connectivity index (χ4v) is 3.01. The third-order valence-electron chi connectivity index (χ3n) is 3.08. The van der Waals surface area contributed by atoms with E-state index in [1.165, 1.54) is 0 Å². The van der Waals surface area contributed by atoms with Crippen molar-refractivity contribution in [1.82, 2.24) is 0 Å². The monoisotopic (exact) mass is 360 g/mol. The van der Waals surface area contributed by atoms with Gasteiger partial charge in [-0.25, -0.2) is 0 Å². The van der Waals surface area contributed by atoms with Gasteiger partial charge in [0.2, 0.25) is 0 Å². The maximum absolute atomic E-state index is 5.85. The van der Waals surface area contributed by atoms with E-state index < -0.39 is 0 Å². The minimum atomic E-state index is 0. The average molecular weight is 360 g/mol. The van der Waals surface area contributed by atoms with Crippen molar-refractivity contribution in [1.29, 1.82) is 0 Å². The summed E-state index contributed by atoms with van der Waals surface area (Å²) < 4.78 is 16.2. The Labute approximate surface area is 138 Å². The van der Waals surface area contributed by atoms with E-state index >= 15 is 0 Å². The Kier molecular flexibility index (Phi) is 13.8. The van der Waals surface area contributed by atoms with E-state index in [4.69, 9.17) is 14.0 Å². The van der Waals surface area contributed by atoms with Gasteiger partial charge in [-0.05, 0) is 24.9 Å². The first-order chi connectivity index (χ1) is 6.70. The van der Waals surface area contributed by atoms with Gasteiger partial charge in [0.15, 0.2) is 0 Å². The minimum absolute atomic E-state index is 0. The van der Waals surface area contributed by atoms with E-state index in [2.05, 4.69) is 13.8 Å². The standard InChI is InChI=1S/C10H21O3P.V.Y/c1-7-8(2)13-10(5-11-3)9(7)6-14-12-4;;/h7-10,14H,5-6H2,1-4H3;;. The first-order valence-corrected chi connectivity index (χ1v) is 6.22. The Balaban J connectivity index is 0. The molecule has 6 heteroatoms. The molecule has 0 aromatic heterocycles. The van der Waals surface area contributed by atoms with Gasteiger partial charge in [-0.1, -0.05) is 6.92 Å². The van der Waals surface area contributed by atoms with Crippen LogP contribution in [0, 0.1) is 11.8 Å². The molecule has 0 aliphatic carbocycles. The molecule has 0 aromatic carbocycles. The molecule has 92 valence electrons. The van der Waals surface area contributed by atoms with Crippen LogP contribution in [-0.2, 0) is 65.3 Å². The molecule has 1 heterocycles. The molecular formula is C10H21O3PVY. The van der Waals surface area contributed by atoms with E-state index in [9.17, 15) is 0 Å². The predicted molar refractivity (Wildman–Crippen MR) is 59.1 cm³/mol. The summed E-state index contributed by atoms with van der Waals surface area (Å²) in [7, 11) is 4.07. The smallest absolute Gasteiger partial charge is 0.0847 e. The van der Waals surface area contributed by atoms with Crippen LogP contribution < -0.4 is 0 Å². The zero-order chi connectivity index (χ0) is 10.6. The number of ether oxygens (including phenoxy) is 2. The fraction of sp³-hybridized carbons (Fsp3) is 1.00. The molecule has 0 N–H and O–H groups in total. The van der Waals surface area contributed by atoms with Crippen molar-refractivity contribution in [2.45, 2.75) is 26.1 Å². The van der Waals surface area contributed by atoms with E-state index in [0.717, 1.165) is 6.16 Å². The fourth-order valence-electron chi connectivity index (χ4n) is 2.01. The van der Waals surface area contributed by atoms with Crippen LogP contribution in [0.15, 0.2) is 0 Å². The van der Waals surface area contributed by atoms with Crippen LogP contribution in [0.1, 0.15) is 13.8 Å². The van der Waals surface area contributed by atoms with Crippen LogP contribution >= 0.6 is 8.81 Å². The third kappa shape index (κ3) is 5.76. The summed E-state index contributed by atoms with van der Waals surface area (Å²) in [6.07, 6.45) is 1.70. The summed E-state index contributed by atoms with van der Waals surface area (Å²) in [5.74, 6) is 1.20. The van der Waals surface area contributed by atoms with Crippen molar-refractivity contribution in [3.05, 3.63) is 0 Å². The van der Waals surface area contributed by atoms with Crippen molar-refractivity contribution < 1.29 is 65.3 Å². The third-order valence-corrected chi connectivity index (χ3v) is 4.00. The van der Waals surface area contributed by atoms with Crippen molar-refractivity contribution in [3.8, 4) is 0 Å². The second-order valence-electron chi connectivity index (χ2n) is 3.91. The van der Waals surface area contributed by atoms with Gasteiger partial charge in [0.25, 0.3) is 0 Å². The Morgan fingerprint density at radius 1 is 1.25 bits per heavy atom. The van der Waals surface area contributed by atoms with Gasteiger partial charge < -0.3 is 14.0 Å². The maximum atomic E-state index is 5.85. The average Bonchev–Trinajstić information content (AvgIpc) is 2.42. The minimum Gasteiger partial charge on any atom is -0.382 e. The maximum Gasteiger partial charge on any atom is 0.0847 e. The van der Waals surface area contributed by atoms with E-state index in [0.29, 0.717) is 33.4 Å². The molecule has 2 radical (unpaired) electrons. The summed E-state index contributed by atoms with van der Waals surface area (Å²) in [5.41, 5.74) is 0. The molecule has 3 nitrogen and oxygen atoms in total. The van der Waals surface area contributed by atoms with Gasteiger partial charge in [0.1, 0.15) is 0 Å². The summed E-state index contributed by atoms with van der Waals surface area (Å²) in [6.45, 7) is 5.10. The van der Waals surface area contributed by atoms with Crippen LogP contribution in [-0.4, -0.2) is 39.2 Å². The van der Waals surface area contributed by atoms with Crippen LogP contribution in [0.4, 0.5) is 0 Å². The summed E-state index contributed by atoms with van der Waals surface area (Å²) in [5, 5.41) is 0. The van der Waals surface area contributed by atoms with Gasteiger partial charge >= 0.3 is 0 Å². The molecule has 1 saturated heterocycles. The summed E-state index contributed by atoms with van der Waals surface area (Å²) in [6, 6.07) is 0. The zero-order valence-corrected chi connectivity index (χ0v) is 15.7. The topological polar surface area (TPSA) is 27.7 Å². The first kappa shape index (κ1) is 20.3. The predicted octanol–water partition coefficient (Wildman–Crippen LogP) is 1.91. The zero-order valence-electron chi connectivity index (χ0n) is 10.5. The Morgan fingerprint density at radius 2 is 1.88 bits per heavy atom. The molecule has 1 aliphatic rings. The number of hydrogen-bond acceptors (Lipinski definition) is 3.